The standard InChI is InChI=1S/C23H26N4O3/c1-16(23-25-18-7-4-5-8-20(18)27(23)13-14-29-2)24-22(28)15-26-12-11-17-19(26)9-6-10-21(17)30-3/h4-12,16H,13-15H2,1-3H3,(H,24,28)/t16-/m1/s1. The Labute approximate surface area is 175 Å². The molecule has 2 aromatic heterocycles. The van der Waals surface area contributed by atoms with Crippen LogP contribution < -0.4 is 10.1 Å². The van der Waals surface area contributed by atoms with E-state index in [1.807, 2.05) is 66.2 Å². The number of fused-ring (bicyclic) bond motifs is 2. The Morgan fingerprint density at radius 2 is 1.90 bits per heavy atom. The Bertz CT molecular complexity index is 1180. The molecule has 0 radical (unpaired) electrons. The van der Waals surface area contributed by atoms with Gasteiger partial charge in [0.05, 0.1) is 36.3 Å². The summed E-state index contributed by atoms with van der Waals surface area (Å²) >= 11 is 0. The lowest BCUT2D eigenvalue weighted by Gasteiger charge is -2.17. The molecule has 0 fully saturated rings. The summed E-state index contributed by atoms with van der Waals surface area (Å²) in [6.07, 6.45) is 1.91. The van der Waals surface area contributed by atoms with Gasteiger partial charge in [0.2, 0.25) is 5.91 Å². The average Bonchev–Trinajstić information content (AvgIpc) is 3.33. The molecule has 30 heavy (non-hydrogen) atoms. The highest BCUT2D eigenvalue weighted by Crippen LogP contribution is 2.26. The average molecular weight is 406 g/mol. The van der Waals surface area contributed by atoms with Gasteiger partial charge in [0.15, 0.2) is 0 Å². The summed E-state index contributed by atoms with van der Waals surface area (Å²) < 4.78 is 14.7. The molecule has 4 rings (SSSR count). The molecule has 0 saturated heterocycles. The smallest absolute Gasteiger partial charge is 0.240 e. The summed E-state index contributed by atoms with van der Waals surface area (Å²) in [5, 5.41) is 4.08. The zero-order valence-corrected chi connectivity index (χ0v) is 17.5. The van der Waals surface area contributed by atoms with Crippen molar-refractivity contribution in [1.29, 1.82) is 0 Å². The van der Waals surface area contributed by atoms with Crippen LogP contribution in [0.25, 0.3) is 21.9 Å². The number of nitrogens with zero attached hydrogens (tertiary/aromatic N) is 3. The first kappa shape index (κ1) is 20.0. The summed E-state index contributed by atoms with van der Waals surface area (Å²) in [6, 6.07) is 15.5. The summed E-state index contributed by atoms with van der Waals surface area (Å²) in [5.41, 5.74) is 2.91. The third-order valence-corrected chi connectivity index (χ3v) is 5.28. The predicted molar refractivity (Wildman–Crippen MR) is 117 cm³/mol. The third kappa shape index (κ3) is 3.76. The number of carbonyl (C=O) groups excluding carboxylic acids is 1. The Morgan fingerprint density at radius 1 is 1.10 bits per heavy atom. The van der Waals surface area contributed by atoms with Crippen LogP contribution in [0.15, 0.2) is 54.7 Å². The predicted octanol–water partition coefficient (Wildman–Crippen LogP) is 3.52. The highest BCUT2D eigenvalue weighted by Gasteiger charge is 2.19. The first-order valence-corrected chi connectivity index (χ1v) is 9.97. The molecule has 1 atom stereocenters. The van der Waals surface area contributed by atoms with E-state index >= 15 is 0 Å². The van der Waals surface area contributed by atoms with E-state index in [4.69, 9.17) is 14.5 Å². The second kappa shape index (κ2) is 8.59. The van der Waals surface area contributed by atoms with E-state index in [2.05, 4.69) is 9.88 Å². The maximum atomic E-state index is 12.8. The summed E-state index contributed by atoms with van der Waals surface area (Å²) in [7, 11) is 3.33. The molecule has 0 aliphatic rings. The van der Waals surface area contributed by atoms with Crippen LogP contribution >= 0.6 is 0 Å². The molecule has 2 heterocycles. The van der Waals surface area contributed by atoms with Gasteiger partial charge in [-0.1, -0.05) is 18.2 Å². The van der Waals surface area contributed by atoms with Crippen LogP contribution in [-0.2, 0) is 22.6 Å². The Morgan fingerprint density at radius 3 is 2.70 bits per heavy atom. The second-order valence-corrected chi connectivity index (χ2v) is 7.23. The number of hydrogen-bond acceptors (Lipinski definition) is 4. The molecular formula is C23H26N4O3. The van der Waals surface area contributed by atoms with Gasteiger partial charge < -0.3 is 23.9 Å². The molecule has 0 aliphatic carbocycles. The van der Waals surface area contributed by atoms with Gasteiger partial charge in [0, 0.05) is 25.2 Å². The number of amides is 1. The van der Waals surface area contributed by atoms with Crippen molar-refractivity contribution in [3.05, 3.63) is 60.6 Å². The van der Waals surface area contributed by atoms with Gasteiger partial charge in [0.1, 0.15) is 18.1 Å². The monoisotopic (exact) mass is 406 g/mol. The molecule has 1 amide bonds. The molecule has 0 unspecified atom stereocenters. The van der Waals surface area contributed by atoms with Crippen LogP contribution in [0.1, 0.15) is 18.8 Å². The number of methoxy groups -OCH3 is 2. The molecule has 0 spiro atoms. The molecule has 2 aromatic carbocycles. The Hall–Kier alpha value is -3.32. The van der Waals surface area contributed by atoms with Crippen molar-refractivity contribution in [3.63, 3.8) is 0 Å². The lowest BCUT2D eigenvalue weighted by atomic mass is 10.2. The van der Waals surface area contributed by atoms with Gasteiger partial charge in [-0.15, -0.1) is 0 Å². The summed E-state index contributed by atoms with van der Waals surface area (Å²) in [6.45, 7) is 3.43. The van der Waals surface area contributed by atoms with Crippen LogP contribution in [0.5, 0.6) is 5.75 Å². The number of nitrogens with one attached hydrogen (secondary N) is 1. The normalized spacial score (nSPS) is 12.4. The van der Waals surface area contributed by atoms with E-state index in [-0.39, 0.29) is 18.5 Å². The maximum Gasteiger partial charge on any atom is 0.240 e. The van der Waals surface area contributed by atoms with Gasteiger partial charge >= 0.3 is 0 Å². The topological polar surface area (TPSA) is 70.3 Å². The third-order valence-electron chi connectivity index (χ3n) is 5.28. The van der Waals surface area contributed by atoms with Crippen molar-refractivity contribution in [2.75, 3.05) is 20.8 Å². The number of hydrogen-bond donors (Lipinski definition) is 1. The first-order valence-electron chi connectivity index (χ1n) is 9.97. The number of aromatic nitrogens is 3. The van der Waals surface area contributed by atoms with Crippen molar-refractivity contribution in [1.82, 2.24) is 19.4 Å². The molecule has 0 bridgehead atoms. The van der Waals surface area contributed by atoms with Crippen molar-refractivity contribution in [2.45, 2.75) is 26.1 Å². The number of imidazole rings is 1. The van der Waals surface area contributed by atoms with E-state index in [1.54, 1.807) is 14.2 Å². The highest BCUT2D eigenvalue weighted by molar-refractivity contribution is 5.88. The fraction of sp³-hybridized carbons (Fsp3) is 0.304. The first-order chi connectivity index (χ1) is 14.6. The second-order valence-electron chi connectivity index (χ2n) is 7.23. The van der Waals surface area contributed by atoms with Crippen molar-refractivity contribution < 1.29 is 14.3 Å². The zero-order chi connectivity index (χ0) is 21.1. The van der Waals surface area contributed by atoms with E-state index in [9.17, 15) is 4.79 Å². The minimum atomic E-state index is -0.238. The van der Waals surface area contributed by atoms with Gasteiger partial charge in [-0.2, -0.15) is 0 Å². The fourth-order valence-electron chi connectivity index (χ4n) is 3.86. The number of benzene rings is 2. The zero-order valence-electron chi connectivity index (χ0n) is 17.5. The molecule has 0 aliphatic heterocycles. The van der Waals surface area contributed by atoms with Crippen LogP contribution in [0.4, 0.5) is 0 Å². The lowest BCUT2D eigenvalue weighted by molar-refractivity contribution is -0.122. The molecular weight excluding hydrogens is 380 g/mol. The molecule has 1 N–H and O–H groups in total. The van der Waals surface area contributed by atoms with Crippen molar-refractivity contribution in [2.24, 2.45) is 0 Å². The number of para-hydroxylation sites is 2. The van der Waals surface area contributed by atoms with Gasteiger partial charge in [0.25, 0.3) is 0 Å². The van der Waals surface area contributed by atoms with E-state index < -0.39 is 0 Å². The molecule has 0 saturated carbocycles. The van der Waals surface area contributed by atoms with Crippen LogP contribution in [0.3, 0.4) is 0 Å². The Kier molecular flexibility index (Phi) is 5.72. The highest BCUT2D eigenvalue weighted by atomic mass is 16.5. The van der Waals surface area contributed by atoms with Crippen LogP contribution in [0, 0.1) is 0 Å². The van der Waals surface area contributed by atoms with Gasteiger partial charge in [-0.3, -0.25) is 4.79 Å². The van der Waals surface area contributed by atoms with E-state index in [0.717, 1.165) is 33.5 Å². The SMILES string of the molecule is COCCn1c([C@@H](C)NC(=O)Cn2ccc3c(OC)cccc32)nc2ccccc21. The van der Waals surface area contributed by atoms with E-state index in [0.29, 0.717) is 13.2 Å². The Balaban J connectivity index is 1.54. The minimum absolute atomic E-state index is 0.0758. The fourth-order valence-corrected chi connectivity index (χ4v) is 3.86. The number of rotatable bonds is 8. The van der Waals surface area contributed by atoms with E-state index in [1.165, 1.54) is 0 Å². The van der Waals surface area contributed by atoms with Crippen LogP contribution in [0.2, 0.25) is 0 Å². The number of ether oxygens (including phenoxy) is 2. The summed E-state index contributed by atoms with van der Waals surface area (Å²) in [5.74, 6) is 1.54. The molecule has 7 nitrogen and oxygen atoms in total. The largest absolute Gasteiger partial charge is 0.496 e. The lowest BCUT2D eigenvalue weighted by Crippen LogP contribution is -2.31. The number of carbonyl (C=O) groups is 1. The molecule has 7 heteroatoms. The van der Waals surface area contributed by atoms with Crippen LogP contribution in [-0.4, -0.2) is 40.9 Å². The molecule has 156 valence electrons. The van der Waals surface area contributed by atoms with Gasteiger partial charge in [-0.05, 0) is 37.3 Å². The van der Waals surface area contributed by atoms with Crippen molar-refractivity contribution in [3.8, 4) is 5.75 Å². The molecule has 4 aromatic rings. The van der Waals surface area contributed by atoms with Crippen molar-refractivity contribution >= 4 is 27.8 Å². The summed E-state index contributed by atoms with van der Waals surface area (Å²) in [4.78, 5) is 17.6. The minimum Gasteiger partial charge on any atom is -0.496 e. The maximum absolute atomic E-state index is 12.8. The quantitative estimate of drug-likeness (QED) is 0.486. The van der Waals surface area contributed by atoms with Gasteiger partial charge in [-0.25, -0.2) is 4.98 Å².